The van der Waals surface area contributed by atoms with E-state index in [1.54, 1.807) is 24.3 Å². The molecule has 0 saturated carbocycles. The average Bonchev–Trinajstić information content (AvgIpc) is 3.00. The second kappa shape index (κ2) is 9.19. The van der Waals surface area contributed by atoms with E-state index in [9.17, 15) is 18.3 Å². The van der Waals surface area contributed by atoms with Gasteiger partial charge in [0.2, 0.25) is 5.91 Å². The monoisotopic (exact) mass is 470 g/mol. The molecule has 33 heavy (non-hydrogen) atoms. The number of carbonyl (C=O) groups excluding carboxylic acids is 1. The molecular formula is C25H30N2O5S. The number of hydrogen-bond acceptors (Lipinski definition) is 6. The maximum absolute atomic E-state index is 13.9. The van der Waals surface area contributed by atoms with Crippen LogP contribution in [0.1, 0.15) is 40.7 Å². The summed E-state index contributed by atoms with van der Waals surface area (Å²) >= 11 is 0. The van der Waals surface area contributed by atoms with Crippen LogP contribution in [-0.4, -0.2) is 49.7 Å². The molecule has 2 aromatic carbocycles. The first-order chi connectivity index (χ1) is 15.8. The highest BCUT2D eigenvalue weighted by Crippen LogP contribution is 2.45. The second-order valence-electron chi connectivity index (χ2n) is 8.82. The number of nitrogens with two attached hydrogens (primary N) is 1. The number of aryl methyl sites for hydroxylation is 1. The van der Waals surface area contributed by atoms with Crippen LogP contribution in [0.3, 0.4) is 0 Å². The van der Waals surface area contributed by atoms with Crippen LogP contribution in [-0.2, 0) is 21.7 Å². The number of aliphatic hydroxyl groups is 1. The Kier molecular flexibility index (Phi) is 6.50. The molecule has 0 aromatic heterocycles. The molecule has 0 radical (unpaired) electrons. The molecule has 1 heterocycles. The van der Waals surface area contributed by atoms with Gasteiger partial charge < -0.3 is 20.9 Å². The first-order valence-corrected chi connectivity index (χ1v) is 12.8. The summed E-state index contributed by atoms with van der Waals surface area (Å²) in [5, 5.41) is 11.7. The van der Waals surface area contributed by atoms with Gasteiger partial charge in [0.15, 0.2) is 9.84 Å². The van der Waals surface area contributed by atoms with Crippen LogP contribution in [0.15, 0.2) is 55.1 Å². The number of amides is 1. The number of aliphatic hydroxyl groups excluding tert-OH is 1. The summed E-state index contributed by atoms with van der Waals surface area (Å²) in [5.74, 6) is -0.00326. The molecule has 0 bridgehead atoms. The van der Waals surface area contributed by atoms with Crippen LogP contribution >= 0.6 is 0 Å². The van der Waals surface area contributed by atoms with Gasteiger partial charge in [-0.05, 0) is 55.0 Å². The van der Waals surface area contributed by atoms with Gasteiger partial charge in [0, 0.05) is 12.1 Å². The van der Waals surface area contributed by atoms with Gasteiger partial charge in [-0.2, -0.15) is 0 Å². The fraction of sp³-hybridized carbons (Fsp3) is 0.400. The number of primary amides is 1. The summed E-state index contributed by atoms with van der Waals surface area (Å²) in [4.78, 5) is 11.7. The van der Waals surface area contributed by atoms with Gasteiger partial charge in [0.1, 0.15) is 12.4 Å². The van der Waals surface area contributed by atoms with E-state index < -0.39 is 38.3 Å². The Morgan fingerprint density at radius 3 is 2.85 bits per heavy atom. The molecule has 8 heteroatoms. The molecule has 0 saturated heterocycles. The maximum atomic E-state index is 13.9. The minimum Gasteiger partial charge on any atom is -0.490 e. The number of sulfone groups is 1. The molecular weight excluding hydrogens is 440 g/mol. The van der Waals surface area contributed by atoms with Crippen LogP contribution < -0.4 is 15.8 Å². The zero-order valence-corrected chi connectivity index (χ0v) is 19.3. The molecule has 2 unspecified atom stereocenters. The van der Waals surface area contributed by atoms with Crippen LogP contribution in [0.25, 0.3) is 0 Å². The molecule has 4 rings (SSSR count). The van der Waals surface area contributed by atoms with E-state index >= 15 is 0 Å². The maximum Gasteiger partial charge on any atom is 0.248 e. The van der Waals surface area contributed by atoms with Crippen molar-refractivity contribution >= 4 is 21.4 Å². The summed E-state index contributed by atoms with van der Waals surface area (Å²) in [7, 11) is -3.71. The largest absolute Gasteiger partial charge is 0.490 e. The van der Waals surface area contributed by atoms with Gasteiger partial charge in [-0.1, -0.05) is 30.3 Å². The van der Waals surface area contributed by atoms with Gasteiger partial charge >= 0.3 is 0 Å². The number of allylic oxidation sites excluding steroid dienone is 1. The number of fused-ring (bicyclic) bond motifs is 3. The zero-order chi connectivity index (χ0) is 23.6. The normalized spacial score (nSPS) is 22.8. The van der Waals surface area contributed by atoms with Crippen molar-refractivity contribution in [3.63, 3.8) is 0 Å². The molecule has 176 valence electrons. The minimum atomic E-state index is -3.71. The SMILES string of the molecule is C=CCC[C@H](CO)S(=O)(=O)C1CCc2ccccc2C12CNc1cc(C(N)=O)ccc1OC2. The van der Waals surface area contributed by atoms with Crippen molar-refractivity contribution < 1.29 is 23.1 Å². The Morgan fingerprint density at radius 2 is 2.12 bits per heavy atom. The summed E-state index contributed by atoms with van der Waals surface area (Å²) in [5.41, 5.74) is 7.57. The first kappa shape index (κ1) is 23.3. The summed E-state index contributed by atoms with van der Waals surface area (Å²) in [6.45, 7) is 3.72. The topological polar surface area (TPSA) is 119 Å². The van der Waals surface area contributed by atoms with Crippen molar-refractivity contribution in [1.29, 1.82) is 0 Å². The molecule has 7 nitrogen and oxygen atoms in total. The number of nitrogens with one attached hydrogen (secondary N) is 1. The summed E-state index contributed by atoms with van der Waals surface area (Å²) in [6, 6.07) is 12.8. The lowest BCUT2D eigenvalue weighted by atomic mass is 9.70. The summed E-state index contributed by atoms with van der Waals surface area (Å²) < 4.78 is 34.0. The minimum absolute atomic E-state index is 0.156. The second-order valence-corrected chi connectivity index (χ2v) is 11.2. The van der Waals surface area contributed by atoms with Crippen molar-refractivity contribution in [2.24, 2.45) is 5.73 Å². The standard InChI is InChI=1S/C25H30N2O5S/c1-2-3-7-19(14-28)33(30,31)23-12-10-17-6-4-5-8-20(17)25(23)15-27-21-13-18(24(26)29)9-11-22(21)32-16-25/h2,4-6,8-9,11,13,19,23,27-28H,1,3,7,10,12,14-16H2,(H2,26,29)/t19-,23?,25?/m1/s1. The lowest BCUT2D eigenvalue weighted by Crippen LogP contribution is -2.57. The van der Waals surface area contributed by atoms with Gasteiger partial charge in [0.25, 0.3) is 0 Å². The van der Waals surface area contributed by atoms with Crippen molar-refractivity contribution in [3.8, 4) is 5.75 Å². The van der Waals surface area contributed by atoms with Crippen LogP contribution in [0.2, 0.25) is 0 Å². The van der Waals surface area contributed by atoms with E-state index in [1.165, 1.54) is 0 Å². The van der Waals surface area contributed by atoms with Crippen molar-refractivity contribution in [3.05, 3.63) is 71.8 Å². The molecule has 1 aliphatic heterocycles. The molecule has 1 aliphatic carbocycles. The zero-order valence-electron chi connectivity index (χ0n) is 18.5. The lowest BCUT2D eigenvalue weighted by Gasteiger charge is -2.44. The third-order valence-corrected chi connectivity index (χ3v) is 9.74. The molecule has 2 aromatic rings. The Bertz CT molecular complexity index is 1160. The Balaban J connectivity index is 1.79. The molecule has 1 amide bonds. The molecule has 1 spiro atoms. The molecule has 3 atom stereocenters. The van der Waals surface area contributed by atoms with E-state index in [0.717, 1.165) is 11.1 Å². The highest BCUT2D eigenvalue weighted by Gasteiger charge is 2.53. The molecule has 0 fully saturated rings. The van der Waals surface area contributed by atoms with Crippen molar-refractivity contribution in [1.82, 2.24) is 0 Å². The van der Waals surface area contributed by atoms with E-state index in [4.69, 9.17) is 10.5 Å². The van der Waals surface area contributed by atoms with Gasteiger partial charge in [0.05, 0.1) is 28.2 Å². The van der Waals surface area contributed by atoms with E-state index in [0.29, 0.717) is 49.2 Å². The quantitative estimate of drug-likeness (QED) is 0.535. The third-order valence-electron chi connectivity index (χ3n) is 6.95. The smallest absolute Gasteiger partial charge is 0.248 e. The number of rotatable bonds is 7. The Hall–Kier alpha value is -2.84. The van der Waals surface area contributed by atoms with Gasteiger partial charge in [-0.15, -0.1) is 6.58 Å². The van der Waals surface area contributed by atoms with Gasteiger partial charge in [-0.3, -0.25) is 4.79 Å². The molecule has 2 aliphatic rings. The highest BCUT2D eigenvalue weighted by molar-refractivity contribution is 7.92. The predicted molar refractivity (Wildman–Crippen MR) is 128 cm³/mol. The number of benzene rings is 2. The summed E-state index contributed by atoms with van der Waals surface area (Å²) in [6.07, 6.45) is 3.59. The van der Waals surface area contributed by atoms with Crippen LogP contribution in [0.4, 0.5) is 5.69 Å². The Morgan fingerprint density at radius 1 is 1.33 bits per heavy atom. The van der Waals surface area contributed by atoms with E-state index in [2.05, 4.69) is 11.9 Å². The Labute approximate surface area is 194 Å². The van der Waals surface area contributed by atoms with Gasteiger partial charge in [-0.25, -0.2) is 8.42 Å². The number of anilines is 1. The predicted octanol–water partition coefficient (Wildman–Crippen LogP) is 2.58. The first-order valence-electron chi connectivity index (χ1n) is 11.2. The van der Waals surface area contributed by atoms with Crippen LogP contribution in [0, 0.1) is 0 Å². The fourth-order valence-electron chi connectivity index (χ4n) is 5.17. The molecule has 4 N–H and O–H groups in total. The average molecular weight is 471 g/mol. The number of carbonyl (C=O) groups is 1. The van der Waals surface area contributed by atoms with E-state index in [-0.39, 0.29) is 6.61 Å². The van der Waals surface area contributed by atoms with Crippen molar-refractivity contribution in [2.45, 2.75) is 41.6 Å². The highest BCUT2D eigenvalue weighted by atomic mass is 32.2. The van der Waals surface area contributed by atoms with E-state index in [1.807, 2.05) is 24.3 Å². The number of ether oxygens (including phenoxy) is 1. The number of hydrogen-bond donors (Lipinski definition) is 3. The lowest BCUT2D eigenvalue weighted by molar-refractivity contribution is 0.1000. The third kappa shape index (κ3) is 4.13. The van der Waals surface area contributed by atoms with Crippen LogP contribution in [0.5, 0.6) is 5.75 Å². The van der Waals surface area contributed by atoms with Crippen molar-refractivity contribution in [2.75, 3.05) is 25.1 Å². The fourth-order valence-corrected chi connectivity index (χ4v) is 7.66.